The number of aryl methyl sites for hydroxylation is 1. The normalized spacial score (nSPS) is 10.9. The molecule has 106 valence electrons. The molecule has 0 atom stereocenters. The molecule has 2 aromatic rings. The highest BCUT2D eigenvalue weighted by molar-refractivity contribution is 9.10. The van der Waals surface area contributed by atoms with Gasteiger partial charge in [-0.2, -0.15) is 0 Å². The smallest absolute Gasteiger partial charge is 0.123 e. The Bertz CT molecular complexity index is 608. The zero-order valence-electron chi connectivity index (χ0n) is 11.9. The monoisotopic (exact) mass is 352 g/mol. The summed E-state index contributed by atoms with van der Waals surface area (Å²) in [5.74, 6) is 1.29. The van der Waals surface area contributed by atoms with Crippen LogP contribution in [0.1, 0.15) is 36.5 Å². The zero-order chi connectivity index (χ0) is 14.7. The van der Waals surface area contributed by atoms with Gasteiger partial charge in [-0.15, -0.1) is 0 Å². The Hall–Kier alpha value is -0.990. The van der Waals surface area contributed by atoms with Crippen molar-refractivity contribution in [1.29, 1.82) is 0 Å². The molecule has 3 heteroatoms. The predicted molar refractivity (Wildman–Crippen MR) is 88.8 cm³/mol. The van der Waals surface area contributed by atoms with Crippen LogP contribution in [0.15, 0.2) is 40.9 Å². The van der Waals surface area contributed by atoms with Gasteiger partial charge in [-0.1, -0.05) is 53.5 Å². The van der Waals surface area contributed by atoms with Crippen LogP contribution in [-0.4, -0.2) is 0 Å². The van der Waals surface area contributed by atoms with Crippen LogP contribution in [0.2, 0.25) is 5.02 Å². The summed E-state index contributed by atoms with van der Waals surface area (Å²) in [5, 5.41) is 0.812. The van der Waals surface area contributed by atoms with Crippen LogP contribution in [0.5, 0.6) is 5.75 Å². The SMILES string of the molecule is Cc1cc(Cl)c(C(C)C)cc1OCc1cccc(Br)c1. The van der Waals surface area contributed by atoms with Gasteiger partial charge in [-0.05, 0) is 53.8 Å². The number of hydrogen-bond acceptors (Lipinski definition) is 1. The number of ether oxygens (including phenoxy) is 1. The first kappa shape index (κ1) is 15.4. The van der Waals surface area contributed by atoms with Crippen molar-refractivity contribution in [1.82, 2.24) is 0 Å². The molecule has 0 aromatic heterocycles. The van der Waals surface area contributed by atoms with Gasteiger partial charge in [0.15, 0.2) is 0 Å². The first-order chi connectivity index (χ1) is 9.47. The highest BCUT2D eigenvalue weighted by Gasteiger charge is 2.10. The molecule has 0 saturated carbocycles. The molecule has 0 saturated heterocycles. The lowest BCUT2D eigenvalue weighted by Gasteiger charge is -2.15. The average Bonchev–Trinajstić information content (AvgIpc) is 2.37. The zero-order valence-corrected chi connectivity index (χ0v) is 14.3. The Kier molecular flexibility index (Phi) is 5.11. The van der Waals surface area contributed by atoms with E-state index in [4.69, 9.17) is 16.3 Å². The lowest BCUT2D eigenvalue weighted by Crippen LogP contribution is -1.99. The number of halogens is 2. The number of rotatable bonds is 4. The fraction of sp³-hybridized carbons (Fsp3) is 0.294. The molecule has 0 N–H and O–H groups in total. The minimum absolute atomic E-state index is 0.385. The maximum atomic E-state index is 6.27. The lowest BCUT2D eigenvalue weighted by molar-refractivity contribution is 0.303. The molecular formula is C17H18BrClO. The molecule has 0 aliphatic heterocycles. The molecule has 0 radical (unpaired) electrons. The third kappa shape index (κ3) is 3.77. The maximum absolute atomic E-state index is 6.27. The van der Waals surface area contributed by atoms with Crippen LogP contribution in [0.25, 0.3) is 0 Å². The number of benzene rings is 2. The van der Waals surface area contributed by atoms with Crippen molar-refractivity contribution in [2.24, 2.45) is 0 Å². The van der Waals surface area contributed by atoms with Gasteiger partial charge in [0.25, 0.3) is 0 Å². The Balaban J connectivity index is 2.19. The second-order valence-corrected chi connectivity index (χ2v) is 6.54. The van der Waals surface area contributed by atoms with Gasteiger partial charge >= 0.3 is 0 Å². The second-order valence-electron chi connectivity index (χ2n) is 5.21. The van der Waals surface area contributed by atoms with Crippen molar-refractivity contribution in [3.8, 4) is 5.75 Å². The van der Waals surface area contributed by atoms with Gasteiger partial charge < -0.3 is 4.74 Å². The molecule has 2 aromatic carbocycles. The minimum Gasteiger partial charge on any atom is -0.489 e. The molecule has 0 spiro atoms. The van der Waals surface area contributed by atoms with E-state index in [1.807, 2.05) is 25.1 Å². The molecule has 0 unspecified atom stereocenters. The van der Waals surface area contributed by atoms with E-state index in [-0.39, 0.29) is 0 Å². The van der Waals surface area contributed by atoms with Crippen molar-refractivity contribution in [2.45, 2.75) is 33.3 Å². The summed E-state index contributed by atoms with van der Waals surface area (Å²) in [5.41, 5.74) is 3.33. The maximum Gasteiger partial charge on any atom is 0.123 e. The van der Waals surface area contributed by atoms with Gasteiger partial charge in [0.05, 0.1) is 0 Å². The van der Waals surface area contributed by atoms with Crippen molar-refractivity contribution in [2.75, 3.05) is 0 Å². The Morgan fingerprint density at radius 1 is 1.20 bits per heavy atom. The van der Waals surface area contributed by atoms with Gasteiger partial charge in [-0.3, -0.25) is 0 Å². The van der Waals surface area contributed by atoms with E-state index in [9.17, 15) is 0 Å². The first-order valence-corrected chi connectivity index (χ1v) is 7.81. The molecule has 0 aliphatic carbocycles. The first-order valence-electron chi connectivity index (χ1n) is 6.64. The molecule has 0 aliphatic rings. The van der Waals surface area contributed by atoms with Crippen molar-refractivity contribution < 1.29 is 4.74 Å². The minimum atomic E-state index is 0.385. The van der Waals surface area contributed by atoms with Crippen LogP contribution in [-0.2, 0) is 6.61 Å². The Labute approximate surface area is 134 Å². The summed E-state index contributed by atoms with van der Waals surface area (Å²) in [6, 6.07) is 12.2. The second kappa shape index (κ2) is 6.64. The van der Waals surface area contributed by atoms with E-state index in [1.54, 1.807) is 0 Å². The van der Waals surface area contributed by atoms with E-state index in [0.717, 1.165) is 31.9 Å². The average molecular weight is 354 g/mol. The summed E-state index contributed by atoms with van der Waals surface area (Å²) >= 11 is 9.74. The summed E-state index contributed by atoms with van der Waals surface area (Å²) < 4.78 is 7.01. The third-order valence-electron chi connectivity index (χ3n) is 3.20. The van der Waals surface area contributed by atoms with E-state index in [0.29, 0.717) is 12.5 Å². The Morgan fingerprint density at radius 3 is 2.60 bits per heavy atom. The molecular weight excluding hydrogens is 336 g/mol. The van der Waals surface area contributed by atoms with Gasteiger partial charge in [-0.25, -0.2) is 0 Å². The number of hydrogen-bond donors (Lipinski definition) is 0. The van der Waals surface area contributed by atoms with Gasteiger partial charge in [0, 0.05) is 9.50 Å². The Morgan fingerprint density at radius 2 is 1.95 bits per heavy atom. The summed E-state index contributed by atoms with van der Waals surface area (Å²) in [4.78, 5) is 0. The largest absolute Gasteiger partial charge is 0.489 e. The van der Waals surface area contributed by atoms with Gasteiger partial charge in [0.1, 0.15) is 12.4 Å². The third-order valence-corrected chi connectivity index (χ3v) is 4.02. The van der Waals surface area contributed by atoms with Crippen LogP contribution in [0.3, 0.4) is 0 Å². The van der Waals surface area contributed by atoms with E-state index >= 15 is 0 Å². The van der Waals surface area contributed by atoms with Crippen molar-refractivity contribution in [3.63, 3.8) is 0 Å². The van der Waals surface area contributed by atoms with E-state index in [2.05, 4.69) is 48.0 Å². The summed E-state index contributed by atoms with van der Waals surface area (Å²) in [6.45, 7) is 6.84. The molecule has 2 rings (SSSR count). The molecule has 0 fully saturated rings. The van der Waals surface area contributed by atoms with E-state index in [1.165, 1.54) is 0 Å². The van der Waals surface area contributed by atoms with Crippen LogP contribution in [0, 0.1) is 6.92 Å². The fourth-order valence-electron chi connectivity index (χ4n) is 2.05. The van der Waals surface area contributed by atoms with Crippen molar-refractivity contribution >= 4 is 27.5 Å². The van der Waals surface area contributed by atoms with E-state index < -0.39 is 0 Å². The summed E-state index contributed by atoms with van der Waals surface area (Å²) in [6.07, 6.45) is 0. The van der Waals surface area contributed by atoms with Crippen molar-refractivity contribution in [3.05, 3.63) is 62.6 Å². The highest BCUT2D eigenvalue weighted by Crippen LogP contribution is 2.31. The van der Waals surface area contributed by atoms with Crippen LogP contribution in [0.4, 0.5) is 0 Å². The molecule has 0 heterocycles. The fourth-order valence-corrected chi connectivity index (χ4v) is 2.94. The molecule has 0 amide bonds. The van der Waals surface area contributed by atoms with Gasteiger partial charge in [0.2, 0.25) is 0 Å². The molecule has 20 heavy (non-hydrogen) atoms. The molecule has 1 nitrogen and oxygen atoms in total. The summed E-state index contributed by atoms with van der Waals surface area (Å²) in [7, 11) is 0. The highest BCUT2D eigenvalue weighted by atomic mass is 79.9. The topological polar surface area (TPSA) is 9.23 Å². The predicted octanol–water partition coefficient (Wildman–Crippen LogP) is 6.11. The van der Waals surface area contributed by atoms with Crippen LogP contribution < -0.4 is 4.74 Å². The lowest BCUT2D eigenvalue weighted by atomic mass is 10.0. The quantitative estimate of drug-likeness (QED) is 0.644. The van der Waals surface area contributed by atoms with Crippen LogP contribution >= 0.6 is 27.5 Å². The molecule has 0 bridgehead atoms. The standard InChI is InChI=1S/C17H18BrClO/c1-11(2)15-9-17(12(3)7-16(15)19)20-10-13-5-4-6-14(18)8-13/h4-9,11H,10H2,1-3H3.